The van der Waals surface area contributed by atoms with Crippen molar-refractivity contribution in [3.05, 3.63) is 34.1 Å². The summed E-state index contributed by atoms with van der Waals surface area (Å²) in [6.07, 6.45) is 2.43. The number of phenolic OH excluding ortho intramolecular Hbond substituents is 1. The van der Waals surface area contributed by atoms with E-state index in [1.165, 1.54) is 7.11 Å². The number of unbranched alkanes of at least 4 members (excludes halogenated alkanes) is 1. The Kier molecular flexibility index (Phi) is 5.82. The number of aryl methyl sites for hydroxylation is 1. The molecule has 0 aliphatic heterocycles. The fraction of sp³-hybridized carbons (Fsp3) is 0.412. The van der Waals surface area contributed by atoms with Gasteiger partial charge in [-0.1, -0.05) is 40.9 Å². The average Bonchev–Trinajstić information content (AvgIpc) is 2.91. The molecule has 0 amide bonds. The normalized spacial score (nSPS) is 12.2. The van der Waals surface area contributed by atoms with Crippen molar-refractivity contribution in [2.75, 3.05) is 7.11 Å². The zero-order valence-electron chi connectivity index (χ0n) is 13.4. The van der Waals surface area contributed by atoms with Crippen LogP contribution >= 0.6 is 15.9 Å². The van der Waals surface area contributed by atoms with Crippen LogP contribution in [0.25, 0.3) is 11.1 Å². The third kappa shape index (κ3) is 3.75. The molecule has 1 aromatic carbocycles. The van der Waals surface area contributed by atoms with Crippen LogP contribution in [0.5, 0.6) is 5.75 Å². The first-order valence-corrected chi connectivity index (χ1v) is 8.31. The molecule has 6 heteroatoms. The van der Waals surface area contributed by atoms with Gasteiger partial charge in [0.15, 0.2) is 5.76 Å². The summed E-state index contributed by atoms with van der Waals surface area (Å²) in [5, 5.41) is 14.2. The minimum atomic E-state index is -0.533. The number of rotatable bonds is 6. The second-order valence-electron chi connectivity index (χ2n) is 5.39. The van der Waals surface area contributed by atoms with E-state index in [0.717, 1.165) is 17.3 Å². The predicted molar refractivity (Wildman–Crippen MR) is 90.3 cm³/mol. The number of hydrogen-bond acceptors (Lipinski definition) is 5. The summed E-state index contributed by atoms with van der Waals surface area (Å²) >= 11 is 3.40. The van der Waals surface area contributed by atoms with Gasteiger partial charge in [0.25, 0.3) is 0 Å². The van der Waals surface area contributed by atoms with Gasteiger partial charge in [-0.2, -0.15) is 0 Å². The van der Waals surface area contributed by atoms with E-state index in [0.29, 0.717) is 29.0 Å². The van der Waals surface area contributed by atoms with Gasteiger partial charge in [-0.05, 0) is 31.5 Å². The van der Waals surface area contributed by atoms with Crippen LogP contribution in [0.1, 0.15) is 43.6 Å². The van der Waals surface area contributed by atoms with Crippen LogP contribution in [0.3, 0.4) is 0 Å². The highest BCUT2D eigenvalue weighted by atomic mass is 79.9. The van der Waals surface area contributed by atoms with Crippen molar-refractivity contribution < 1.29 is 19.2 Å². The van der Waals surface area contributed by atoms with Crippen LogP contribution in [-0.2, 0) is 9.53 Å². The molecule has 1 atom stereocenters. The van der Waals surface area contributed by atoms with Gasteiger partial charge < -0.3 is 14.4 Å². The van der Waals surface area contributed by atoms with Crippen molar-refractivity contribution in [1.29, 1.82) is 0 Å². The number of carbonyl (C=O) groups is 1. The van der Waals surface area contributed by atoms with E-state index >= 15 is 0 Å². The number of nitrogens with zero attached hydrogens (tertiary/aromatic N) is 1. The molecule has 0 fully saturated rings. The third-order valence-electron chi connectivity index (χ3n) is 3.77. The lowest BCUT2D eigenvalue weighted by Gasteiger charge is -2.14. The molecule has 1 N–H and O–H groups in total. The highest BCUT2D eigenvalue weighted by Crippen LogP contribution is 2.40. The van der Waals surface area contributed by atoms with E-state index in [9.17, 15) is 9.90 Å². The van der Waals surface area contributed by atoms with Gasteiger partial charge in [-0.3, -0.25) is 4.79 Å². The predicted octanol–water partition coefficient (Wildman–Crippen LogP) is 4.56. The summed E-state index contributed by atoms with van der Waals surface area (Å²) in [5.74, 6) is -0.337. The first kappa shape index (κ1) is 17.5. The van der Waals surface area contributed by atoms with E-state index < -0.39 is 5.92 Å². The van der Waals surface area contributed by atoms with Crippen LogP contribution < -0.4 is 0 Å². The smallest absolute Gasteiger partial charge is 0.316 e. The second kappa shape index (κ2) is 7.64. The first-order chi connectivity index (χ1) is 11.0. The topological polar surface area (TPSA) is 72.6 Å². The monoisotopic (exact) mass is 381 g/mol. The van der Waals surface area contributed by atoms with Gasteiger partial charge in [-0.25, -0.2) is 0 Å². The van der Waals surface area contributed by atoms with Gasteiger partial charge in [0.1, 0.15) is 11.7 Å². The maximum Gasteiger partial charge on any atom is 0.316 e. The Morgan fingerprint density at radius 1 is 1.48 bits per heavy atom. The molecular formula is C17H20BrNO4. The summed E-state index contributed by atoms with van der Waals surface area (Å²) in [5.41, 5.74) is 1.85. The highest BCUT2D eigenvalue weighted by molar-refractivity contribution is 9.10. The maximum atomic E-state index is 12.2. The fourth-order valence-corrected chi connectivity index (χ4v) is 2.93. The molecule has 5 nitrogen and oxygen atoms in total. The van der Waals surface area contributed by atoms with Crippen LogP contribution in [0.4, 0.5) is 0 Å². The molecule has 0 saturated heterocycles. The maximum absolute atomic E-state index is 12.2. The van der Waals surface area contributed by atoms with E-state index in [-0.39, 0.29) is 11.7 Å². The standard InChI is InChI=1S/C17H20BrNO4/c1-4-5-6-12(17(21)22-3)16-15(10(2)19-23-16)13-9-11(18)7-8-14(13)20/h7-9,12,20H,4-6H2,1-3H3. The number of aromatic nitrogens is 1. The molecule has 0 aliphatic carbocycles. The number of carbonyl (C=O) groups excluding carboxylic acids is 1. The first-order valence-electron chi connectivity index (χ1n) is 7.52. The van der Waals surface area contributed by atoms with Gasteiger partial charge in [-0.15, -0.1) is 0 Å². The Balaban J connectivity index is 2.55. The molecule has 0 aliphatic rings. The van der Waals surface area contributed by atoms with Gasteiger partial charge >= 0.3 is 5.97 Å². The number of hydrogen-bond donors (Lipinski definition) is 1. The zero-order valence-corrected chi connectivity index (χ0v) is 15.0. The quantitative estimate of drug-likeness (QED) is 0.742. The second-order valence-corrected chi connectivity index (χ2v) is 6.30. The summed E-state index contributed by atoms with van der Waals surface area (Å²) in [6.45, 7) is 3.85. The SMILES string of the molecule is CCCCC(C(=O)OC)c1onc(C)c1-c1cc(Br)ccc1O. The largest absolute Gasteiger partial charge is 0.507 e. The lowest BCUT2D eigenvalue weighted by Crippen LogP contribution is -2.14. The lowest BCUT2D eigenvalue weighted by atomic mass is 9.92. The Bertz CT molecular complexity index is 696. The van der Waals surface area contributed by atoms with Gasteiger partial charge in [0.2, 0.25) is 0 Å². The molecule has 0 radical (unpaired) electrons. The van der Waals surface area contributed by atoms with Crippen molar-refractivity contribution >= 4 is 21.9 Å². The summed E-state index contributed by atoms with van der Waals surface area (Å²) in [4.78, 5) is 12.2. The van der Waals surface area contributed by atoms with Gasteiger partial charge in [0, 0.05) is 10.0 Å². The number of ether oxygens (including phenoxy) is 1. The molecule has 1 heterocycles. The molecule has 23 heavy (non-hydrogen) atoms. The number of phenols is 1. The van der Waals surface area contributed by atoms with Crippen LogP contribution in [-0.4, -0.2) is 23.3 Å². The number of benzene rings is 1. The molecule has 2 rings (SSSR count). The number of aromatic hydroxyl groups is 1. The van der Waals surface area contributed by atoms with Crippen molar-refractivity contribution in [3.8, 4) is 16.9 Å². The molecule has 0 saturated carbocycles. The summed E-state index contributed by atoms with van der Waals surface area (Å²) in [7, 11) is 1.36. The van der Waals surface area contributed by atoms with Gasteiger partial charge in [0.05, 0.1) is 18.4 Å². The number of halogens is 1. The molecule has 2 aromatic rings. The molecule has 1 aromatic heterocycles. The number of methoxy groups -OCH3 is 1. The Morgan fingerprint density at radius 2 is 2.22 bits per heavy atom. The molecule has 124 valence electrons. The van der Waals surface area contributed by atoms with E-state index in [1.807, 2.05) is 0 Å². The average molecular weight is 382 g/mol. The molecular weight excluding hydrogens is 362 g/mol. The molecule has 0 spiro atoms. The Hall–Kier alpha value is -1.82. The van der Waals surface area contributed by atoms with Crippen LogP contribution in [0.2, 0.25) is 0 Å². The van der Waals surface area contributed by atoms with Crippen molar-refractivity contribution in [1.82, 2.24) is 5.16 Å². The lowest BCUT2D eigenvalue weighted by molar-refractivity contribution is -0.143. The van der Waals surface area contributed by atoms with E-state index in [4.69, 9.17) is 9.26 Å². The Labute approximate surface area is 143 Å². The summed E-state index contributed by atoms with van der Waals surface area (Å²) in [6, 6.07) is 5.12. The number of esters is 1. The fourth-order valence-electron chi connectivity index (χ4n) is 2.57. The molecule has 1 unspecified atom stereocenters. The third-order valence-corrected chi connectivity index (χ3v) is 4.26. The Morgan fingerprint density at radius 3 is 2.87 bits per heavy atom. The van der Waals surface area contributed by atoms with Crippen molar-refractivity contribution in [2.24, 2.45) is 0 Å². The van der Waals surface area contributed by atoms with Crippen molar-refractivity contribution in [3.63, 3.8) is 0 Å². The van der Waals surface area contributed by atoms with Crippen molar-refractivity contribution in [2.45, 2.75) is 39.0 Å². The van der Waals surface area contributed by atoms with E-state index in [2.05, 4.69) is 28.0 Å². The minimum Gasteiger partial charge on any atom is -0.507 e. The zero-order chi connectivity index (χ0) is 17.0. The van der Waals surface area contributed by atoms with Crippen LogP contribution in [0.15, 0.2) is 27.2 Å². The highest BCUT2D eigenvalue weighted by Gasteiger charge is 2.30. The van der Waals surface area contributed by atoms with E-state index in [1.54, 1.807) is 25.1 Å². The summed E-state index contributed by atoms with van der Waals surface area (Å²) < 4.78 is 11.2. The minimum absolute atomic E-state index is 0.111. The molecule has 0 bridgehead atoms. The van der Waals surface area contributed by atoms with Crippen LogP contribution in [0, 0.1) is 6.92 Å².